The van der Waals surface area contributed by atoms with Crippen molar-refractivity contribution in [1.29, 1.82) is 0 Å². The lowest BCUT2D eigenvalue weighted by atomic mass is 10.2. The summed E-state index contributed by atoms with van der Waals surface area (Å²) in [5.41, 5.74) is -0.382. The molecule has 0 unspecified atom stereocenters. The lowest BCUT2D eigenvalue weighted by Crippen LogP contribution is -2.22. The fraction of sp³-hybridized carbons (Fsp3) is 0.571. The van der Waals surface area contributed by atoms with Crippen molar-refractivity contribution in [1.82, 2.24) is 0 Å². The van der Waals surface area contributed by atoms with E-state index < -0.39 is 0 Å². The summed E-state index contributed by atoms with van der Waals surface area (Å²) in [6, 6.07) is 0. The van der Waals surface area contributed by atoms with E-state index in [0.29, 0.717) is 0 Å². The fourth-order valence-corrected chi connectivity index (χ4v) is 0.681. The van der Waals surface area contributed by atoms with Crippen molar-refractivity contribution in [2.45, 2.75) is 26.4 Å². The summed E-state index contributed by atoms with van der Waals surface area (Å²) >= 11 is 1.97. The second kappa shape index (κ2) is 3.95. The second-order valence-corrected chi connectivity index (χ2v) is 3.55. The first kappa shape index (κ1) is 9.94. The zero-order valence-electron chi connectivity index (χ0n) is 6.35. The number of carbonyl (C=O) groups is 1. The monoisotopic (exact) mass is 254 g/mol. The van der Waals surface area contributed by atoms with Crippen LogP contribution in [0, 0.1) is 0 Å². The highest BCUT2D eigenvalue weighted by Gasteiger charge is 2.13. The van der Waals surface area contributed by atoms with E-state index in [1.54, 1.807) is 4.08 Å². The molecular formula is C7H11IO2. The highest BCUT2D eigenvalue weighted by atomic mass is 127. The molecule has 0 saturated heterocycles. The third-order valence-electron chi connectivity index (χ3n) is 0.606. The Morgan fingerprint density at radius 3 is 2.30 bits per heavy atom. The summed E-state index contributed by atoms with van der Waals surface area (Å²) in [7, 11) is 0. The van der Waals surface area contributed by atoms with Gasteiger partial charge in [0.1, 0.15) is 5.60 Å². The SMILES string of the molecule is CC(C)(C)OC(=O)/C=C/I. The molecule has 0 bridgehead atoms. The standard InChI is InChI=1S/C7H11IO2/c1-7(2,3)10-6(9)4-5-8/h4-5H,1-3H3/b5-4+. The zero-order chi connectivity index (χ0) is 8.20. The molecule has 0 fully saturated rings. The minimum Gasteiger partial charge on any atom is -0.457 e. The summed E-state index contributed by atoms with van der Waals surface area (Å²) < 4.78 is 6.58. The van der Waals surface area contributed by atoms with Crippen LogP contribution in [0.2, 0.25) is 0 Å². The van der Waals surface area contributed by atoms with E-state index in [1.807, 2.05) is 43.4 Å². The number of ether oxygens (including phenoxy) is 1. The molecule has 0 N–H and O–H groups in total. The van der Waals surface area contributed by atoms with Crippen molar-refractivity contribution in [3.05, 3.63) is 10.2 Å². The van der Waals surface area contributed by atoms with E-state index in [4.69, 9.17) is 4.74 Å². The van der Waals surface area contributed by atoms with Crippen LogP contribution in [-0.4, -0.2) is 11.6 Å². The maximum Gasteiger partial charge on any atom is 0.331 e. The molecule has 0 aromatic rings. The minimum atomic E-state index is -0.382. The van der Waals surface area contributed by atoms with Gasteiger partial charge >= 0.3 is 5.97 Å². The molecule has 10 heavy (non-hydrogen) atoms. The number of hydrogen-bond donors (Lipinski definition) is 0. The number of rotatable bonds is 1. The first-order valence-electron chi connectivity index (χ1n) is 2.95. The molecule has 2 nitrogen and oxygen atoms in total. The zero-order valence-corrected chi connectivity index (χ0v) is 8.51. The smallest absolute Gasteiger partial charge is 0.331 e. The van der Waals surface area contributed by atoms with Crippen LogP contribution in [0.1, 0.15) is 20.8 Å². The van der Waals surface area contributed by atoms with Crippen LogP contribution in [0.25, 0.3) is 0 Å². The van der Waals surface area contributed by atoms with Crippen molar-refractivity contribution in [2.24, 2.45) is 0 Å². The van der Waals surface area contributed by atoms with Crippen molar-refractivity contribution >= 4 is 28.6 Å². The molecule has 0 radical (unpaired) electrons. The maximum atomic E-state index is 10.7. The summed E-state index contributed by atoms with van der Waals surface area (Å²) in [5.74, 6) is -0.290. The Kier molecular flexibility index (Phi) is 3.93. The van der Waals surface area contributed by atoms with Crippen LogP contribution in [0.4, 0.5) is 0 Å². The predicted octanol–water partition coefficient (Wildman–Crippen LogP) is 2.28. The van der Waals surface area contributed by atoms with Crippen molar-refractivity contribution in [2.75, 3.05) is 0 Å². The van der Waals surface area contributed by atoms with Gasteiger partial charge in [-0.1, -0.05) is 22.6 Å². The molecule has 0 aromatic heterocycles. The van der Waals surface area contributed by atoms with Gasteiger partial charge < -0.3 is 4.74 Å². The Labute approximate surface area is 74.8 Å². The Bertz CT molecular complexity index is 144. The number of esters is 1. The second-order valence-electron chi connectivity index (χ2n) is 2.83. The Morgan fingerprint density at radius 2 is 2.00 bits per heavy atom. The molecule has 3 heteroatoms. The van der Waals surface area contributed by atoms with Crippen LogP contribution in [0.5, 0.6) is 0 Å². The molecule has 0 spiro atoms. The van der Waals surface area contributed by atoms with Gasteiger partial charge in [0.15, 0.2) is 0 Å². The van der Waals surface area contributed by atoms with E-state index in [-0.39, 0.29) is 11.6 Å². The van der Waals surface area contributed by atoms with E-state index in [0.717, 1.165) is 0 Å². The number of halogens is 1. The molecule has 58 valence electrons. The highest BCUT2D eigenvalue weighted by Crippen LogP contribution is 2.07. The van der Waals surface area contributed by atoms with E-state index in [9.17, 15) is 4.79 Å². The summed E-state index contributed by atoms with van der Waals surface area (Å²) in [6.45, 7) is 5.52. The average Bonchev–Trinajstić information content (AvgIpc) is 1.59. The van der Waals surface area contributed by atoms with Crippen molar-refractivity contribution in [3.63, 3.8) is 0 Å². The normalized spacial score (nSPS) is 12.0. The summed E-state index contributed by atoms with van der Waals surface area (Å²) in [6.07, 6.45) is 1.39. The topological polar surface area (TPSA) is 26.3 Å². The molecule has 0 aliphatic heterocycles. The lowest BCUT2D eigenvalue weighted by Gasteiger charge is -2.17. The highest BCUT2D eigenvalue weighted by molar-refractivity contribution is 14.1. The van der Waals surface area contributed by atoms with Crippen molar-refractivity contribution in [3.8, 4) is 0 Å². The Morgan fingerprint density at radius 1 is 1.50 bits per heavy atom. The van der Waals surface area contributed by atoms with Gasteiger partial charge in [0.2, 0.25) is 0 Å². The molecule has 0 aliphatic carbocycles. The van der Waals surface area contributed by atoms with Gasteiger partial charge in [0.25, 0.3) is 0 Å². The minimum absolute atomic E-state index is 0.290. The molecule has 0 amide bonds. The fourth-order valence-electron chi connectivity index (χ4n) is 0.387. The lowest BCUT2D eigenvalue weighted by molar-refractivity contribution is -0.148. The van der Waals surface area contributed by atoms with Crippen LogP contribution in [-0.2, 0) is 9.53 Å². The first-order chi connectivity index (χ1) is 4.45. The van der Waals surface area contributed by atoms with Gasteiger partial charge in [-0.15, -0.1) is 0 Å². The Balaban J connectivity index is 3.81. The van der Waals surface area contributed by atoms with Gasteiger partial charge in [0, 0.05) is 6.08 Å². The molecule has 0 rings (SSSR count). The van der Waals surface area contributed by atoms with Crippen LogP contribution in [0.15, 0.2) is 10.2 Å². The van der Waals surface area contributed by atoms with Gasteiger partial charge in [-0.2, -0.15) is 0 Å². The van der Waals surface area contributed by atoms with Gasteiger partial charge in [-0.3, -0.25) is 0 Å². The molecule has 0 saturated carbocycles. The van der Waals surface area contributed by atoms with E-state index in [2.05, 4.69) is 0 Å². The molecule has 0 aromatic carbocycles. The predicted molar refractivity (Wildman–Crippen MR) is 49.0 cm³/mol. The third kappa shape index (κ3) is 6.07. The van der Waals surface area contributed by atoms with Gasteiger partial charge in [-0.05, 0) is 24.9 Å². The summed E-state index contributed by atoms with van der Waals surface area (Å²) in [5, 5.41) is 0. The van der Waals surface area contributed by atoms with Gasteiger partial charge in [0.05, 0.1) is 0 Å². The van der Waals surface area contributed by atoms with Crippen LogP contribution >= 0.6 is 22.6 Å². The quantitative estimate of drug-likeness (QED) is 0.407. The van der Waals surface area contributed by atoms with E-state index in [1.165, 1.54) is 6.08 Å². The summed E-state index contributed by atoms with van der Waals surface area (Å²) in [4.78, 5) is 10.7. The molecular weight excluding hydrogens is 243 g/mol. The maximum absolute atomic E-state index is 10.7. The molecule has 0 heterocycles. The van der Waals surface area contributed by atoms with E-state index >= 15 is 0 Å². The number of carbonyl (C=O) groups excluding carboxylic acids is 1. The third-order valence-corrected chi connectivity index (χ3v) is 0.965. The van der Waals surface area contributed by atoms with Crippen molar-refractivity contribution < 1.29 is 9.53 Å². The van der Waals surface area contributed by atoms with Crippen LogP contribution < -0.4 is 0 Å². The Hall–Kier alpha value is -0.0600. The van der Waals surface area contributed by atoms with Crippen LogP contribution in [0.3, 0.4) is 0 Å². The average molecular weight is 254 g/mol. The largest absolute Gasteiger partial charge is 0.457 e. The van der Waals surface area contributed by atoms with Gasteiger partial charge in [-0.25, -0.2) is 4.79 Å². The first-order valence-corrected chi connectivity index (χ1v) is 4.20. The molecule has 0 aliphatic rings. The molecule has 0 atom stereocenters. The number of hydrogen-bond acceptors (Lipinski definition) is 2.